The fourth-order valence-electron chi connectivity index (χ4n) is 2.50. The van der Waals surface area contributed by atoms with Gasteiger partial charge in [0.2, 0.25) is 0 Å². The zero-order chi connectivity index (χ0) is 10.0. The summed E-state index contributed by atoms with van der Waals surface area (Å²) in [4.78, 5) is 0. The molecule has 1 aromatic heterocycles. The van der Waals surface area contributed by atoms with Gasteiger partial charge < -0.3 is 10.2 Å². The maximum absolute atomic E-state index is 5.92. The van der Waals surface area contributed by atoms with Crippen LogP contribution in [0.1, 0.15) is 43.6 Å². The summed E-state index contributed by atoms with van der Waals surface area (Å²) >= 11 is 0. The molecule has 0 radical (unpaired) electrons. The van der Waals surface area contributed by atoms with Gasteiger partial charge in [-0.15, -0.1) is 0 Å². The molecule has 0 saturated heterocycles. The second kappa shape index (κ2) is 3.77. The first-order valence-corrected chi connectivity index (χ1v) is 5.54. The molecule has 2 nitrogen and oxygen atoms in total. The van der Waals surface area contributed by atoms with E-state index in [-0.39, 0.29) is 5.41 Å². The summed E-state index contributed by atoms with van der Waals surface area (Å²) in [6.07, 6.45) is 6.31. The number of aryl methyl sites for hydroxylation is 1. The summed E-state index contributed by atoms with van der Waals surface area (Å²) < 4.78 is 5.74. The van der Waals surface area contributed by atoms with Crippen LogP contribution in [0.25, 0.3) is 0 Å². The van der Waals surface area contributed by atoms with Gasteiger partial charge in [0.15, 0.2) is 0 Å². The van der Waals surface area contributed by atoms with Gasteiger partial charge in [-0.25, -0.2) is 0 Å². The first kappa shape index (κ1) is 9.78. The SMILES string of the molecule is Cc1ccc(C2(CN)CCCCC2)o1. The number of hydrogen-bond donors (Lipinski definition) is 1. The van der Waals surface area contributed by atoms with Gasteiger partial charge in [-0.1, -0.05) is 19.3 Å². The number of furan rings is 1. The van der Waals surface area contributed by atoms with Gasteiger partial charge in [-0.2, -0.15) is 0 Å². The van der Waals surface area contributed by atoms with E-state index in [1.807, 2.05) is 13.0 Å². The Morgan fingerprint density at radius 2 is 2.00 bits per heavy atom. The van der Waals surface area contributed by atoms with Crippen molar-refractivity contribution in [2.75, 3.05) is 6.54 Å². The first-order valence-electron chi connectivity index (χ1n) is 5.54. The number of hydrogen-bond acceptors (Lipinski definition) is 2. The van der Waals surface area contributed by atoms with Crippen molar-refractivity contribution in [2.24, 2.45) is 5.73 Å². The van der Waals surface area contributed by atoms with E-state index in [0.717, 1.165) is 18.1 Å². The van der Waals surface area contributed by atoms with Gasteiger partial charge in [-0.3, -0.25) is 0 Å². The van der Waals surface area contributed by atoms with Crippen LogP contribution in [0.4, 0.5) is 0 Å². The molecule has 1 fully saturated rings. The Bertz CT molecular complexity index is 297. The Kier molecular flexibility index (Phi) is 2.64. The lowest BCUT2D eigenvalue weighted by Gasteiger charge is -2.34. The minimum Gasteiger partial charge on any atom is -0.466 e. The highest BCUT2D eigenvalue weighted by Gasteiger charge is 2.35. The maximum atomic E-state index is 5.92. The Labute approximate surface area is 85.5 Å². The normalized spacial score (nSPS) is 21.0. The van der Waals surface area contributed by atoms with Crippen molar-refractivity contribution in [1.82, 2.24) is 0 Å². The van der Waals surface area contributed by atoms with E-state index in [1.54, 1.807) is 0 Å². The molecular weight excluding hydrogens is 174 g/mol. The molecule has 2 rings (SSSR count). The topological polar surface area (TPSA) is 39.2 Å². The lowest BCUT2D eigenvalue weighted by atomic mass is 9.72. The summed E-state index contributed by atoms with van der Waals surface area (Å²) in [7, 11) is 0. The molecular formula is C12H19NO. The van der Waals surface area contributed by atoms with E-state index in [2.05, 4.69) is 6.07 Å². The van der Waals surface area contributed by atoms with Gasteiger partial charge in [0.1, 0.15) is 11.5 Å². The molecule has 0 aliphatic heterocycles. The molecule has 1 heterocycles. The predicted molar refractivity (Wildman–Crippen MR) is 57.3 cm³/mol. The lowest BCUT2D eigenvalue weighted by molar-refractivity contribution is 0.248. The number of rotatable bonds is 2. The fourth-order valence-corrected chi connectivity index (χ4v) is 2.50. The van der Waals surface area contributed by atoms with E-state index in [4.69, 9.17) is 10.2 Å². The van der Waals surface area contributed by atoms with Crippen LogP contribution >= 0.6 is 0 Å². The van der Waals surface area contributed by atoms with Gasteiger partial charge in [0.05, 0.1) is 0 Å². The molecule has 1 aliphatic rings. The third-order valence-corrected chi connectivity index (χ3v) is 3.46. The van der Waals surface area contributed by atoms with Gasteiger partial charge in [0, 0.05) is 12.0 Å². The Hall–Kier alpha value is -0.760. The lowest BCUT2D eigenvalue weighted by Crippen LogP contribution is -2.36. The fraction of sp³-hybridized carbons (Fsp3) is 0.667. The van der Waals surface area contributed by atoms with Gasteiger partial charge in [0.25, 0.3) is 0 Å². The Balaban J connectivity index is 2.26. The molecule has 0 atom stereocenters. The highest BCUT2D eigenvalue weighted by Crippen LogP contribution is 2.39. The summed E-state index contributed by atoms with van der Waals surface area (Å²) in [6.45, 7) is 2.72. The third kappa shape index (κ3) is 1.59. The largest absolute Gasteiger partial charge is 0.466 e. The van der Waals surface area contributed by atoms with Crippen LogP contribution in [0.2, 0.25) is 0 Å². The molecule has 0 unspecified atom stereocenters. The highest BCUT2D eigenvalue weighted by molar-refractivity contribution is 5.18. The third-order valence-electron chi connectivity index (χ3n) is 3.46. The van der Waals surface area contributed by atoms with Crippen molar-refractivity contribution in [3.63, 3.8) is 0 Å². The van der Waals surface area contributed by atoms with Crippen LogP contribution in [-0.4, -0.2) is 6.54 Å². The van der Waals surface area contributed by atoms with Gasteiger partial charge >= 0.3 is 0 Å². The molecule has 2 heteroatoms. The second-order valence-electron chi connectivity index (χ2n) is 4.46. The van der Waals surface area contributed by atoms with Crippen molar-refractivity contribution < 1.29 is 4.42 Å². The Morgan fingerprint density at radius 3 is 2.50 bits per heavy atom. The molecule has 78 valence electrons. The molecule has 0 amide bonds. The molecule has 2 N–H and O–H groups in total. The van der Waals surface area contributed by atoms with Crippen LogP contribution in [0.3, 0.4) is 0 Å². The van der Waals surface area contributed by atoms with Gasteiger partial charge in [-0.05, 0) is 31.9 Å². The standard InChI is InChI=1S/C12H19NO/c1-10-5-6-11(14-10)12(9-13)7-3-2-4-8-12/h5-6H,2-4,7-9,13H2,1H3. The van der Waals surface area contributed by atoms with Crippen molar-refractivity contribution in [3.05, 3.63) is 23.7 Å². The van der Waals surface area contributed by atoms with Crippen LogP contribution in [0, 0.1) is 6.92 Å². The summed E-state index contributed by atoms with van der Waals surface area (Å²) in [5, 5.41) is 0. The zero-order valence-electron chi connectivity index (χ0n) is 8.88. The smallest absolute Gasteiger partial charge is 0.111 e. The molecule has 1 aromatic rings. The van der Waals surface area contributed by atoms with Crippen molar-refractivity contribution in [3.8, 4) is 0 Å². The van der Waals surface area contributed by atoms with E-state index < -0.39 is 0 Å². The van der Waals surface area contributed by atoms with Crippen LogP contribution in [0.5, 0.6) is 0 Å². The average Bonchev–Trinajstić information content (AvgIpc) is 2.66. The molecule has 1 aliphatic carbocycles. The van der Waals surface area contributed by atoms with E-state index in [9.17, 15) is 0 Å². The molecule has 1 saturated carbocycles. The minimum atomic E-state index is 0.145. The van der Waals surface area contributed by atoms with Crippen LogP contribution in [0.15, 0.2) is 16.5 Å². The van der Waals surface area contributed by atoms with E-state index in [1.165, 1.54) is 32.1 Å². The van der Waals surface area contributed by atoms with Crippen molar-refractivity contribution >= 4 is 0 Å². The van der Waals surface area contributed by atoms with Crippen molar-refractivity contribution in [1.29, 1.82) is 0 Å². The quantitative estimate of drug-likeness (QED) is 0.784. The first-order chi connectivity index (χ1) is 6.77. The van der Waals surface area contributed by atoms with Crippen LogP contribution < -0.4 is 5.73 Å². The second-order valence-corrected chi connectivity index (χ2v) is 4.46. The summed E-state index contributed by atoms with van der Waals surface area (Å²) in [5.74, 6) is 2.11. The predicted octanol–water partition coefficient (Wildman–Crippen LogP) is 2.75. The summed E-state index contributed by atoms with van der Waals surface area (Å²) in [5.41, 5.74) is 6.06. The molecule has 0 aromatic carbocycles. The highest BCUT2D eigenvalue weighted by atomic mass is 16.3. The van der Waals surface area contributed by atoms with E-state index in [0.29, 0.717) is 0 Å². The number of nitrogens with two attached hydrogens (primary N) is 1. The molecule has 0 spiro atoms. The van der Waals surface area contributed by atoms with Crippen molar-refractivity contribution in [2.45, 2.75) is 44.4 Å². The average molecular weight is 193 g/mol. The molecule has 0 bridgehead atoms. The van der Waals surface area contributed by atoms with E-state index >= 15 is 0 Å². The minimum absolute atomic E-state index is 0.145. The molecule has 14 heavy (non-hydrogen) atoms. The zero-order valence-corrected chi connectivity index (χ0v) is 8.88. The summed E-state index contributed by atoms with van der Waals surface area (Å²) in [6, 6.07) is 4.15. The Morgan fingerprint density at radius 1 is 1.29 bits per heavy atom. The maximum Gasteiger partial charge on any atom is 0.111 e. The monoisotopic (exact) mass is 193 g/mol. The van der Waals surface area contributed by atoms with Crippen LogP contribution in [-0.2, 0) is 5.41 Å².